The topological polar surface area (TPSA) is 113 Å². The van der Waals surface area contributed by atoms with Crippen molar-refractivity contribution in [2.45, 2.75) is 31.1 Å². The molecule has 108 valence electrons. The van der Waals surface area contributed by atoms with E-state index in [4.69, 9.17) is 0 Å². The van der Waals surface area contributed by atoms with Gasteiger partial charge >= 0.3 is 11.9 Å². The average molecular weight is 275 g/mol. The third-order valence-electron chi connectivity index (χ3n) is 3.00. The second-order valence-electron chi connectivity index (χ2n) is 4.13. The molecule has 1 aliphatic rings. The van der Waals surface area contributed by atoms with Crippen LogP contribution in [0, 0.1) is 0 Å². The highest BCUT2D eigenvalue weighted by atomic mass is 16.5. The third-order valence-corrected chi connectivity index (χ3v) is 3.00. The maximum absolute atomic E-state index is 11.9. The van der Waals surface area contributed by atoms with E-state index in [9.17, 15) is 24.6 Å². The van der Waals surface area contributed by atoms with E-state index in [0.29, 0.717) is 12.8 Å². The molecule has 3 atom stereocenters. The summed E-state index contributed by atoms with van der Waals surface area (Å²) in [4.78, 5) is 35.5. The van der Waals surface area contributed by atoms with Crippen LogP contribution in [0.15, 0.2) is 0 Å². The summed E-state index contributed by atoms with van der Waals surface area (Å²) in [6, 6.07) is -0.794. The van der Waals surface area contributed by atoms with Gasteiger partial charge in [0.1, 0.15) is 6.04 Å². The number of esters is 2. The molecule has 2 N–H and O–H groups in total. The van der Waals surface area contributed by atoms with Gasteiger partial charge in [-0.1, -0.05) is 0 Å². The number of carbonyl (C=O) groups is 3. The summed E-state index contributed by atoms with van der Waals surface area (Å²) in [5.41, 5.74) is 0. The van der Waals surface area contributed by atoms with Crippen molar-refractivity contribution in [2.75, 3.05) is 20.8 Å². The van der Waals surface area contributed by atoms with E-state index >= 15 is 0 Å². The summed E-state index contributed by atoms with van der Waals surface area (Å²) in [6.07, 6.45) is -2.94. The van der Waals surface area contributed by atoms with Crippen molar-refractivity contribution in [2.24, 2.45) is 0 Å². The fraction of sp³-hybridized carbons (Fsp3) is 0.727. The number of nitrogens with zero attached hydrogens (tertiary/aromatic N) is 1. The van der Waals surface area contributed by atoms with Crippen LogP contribution >= 0.6 is 0 Å². The Morgan fingerprint density at radius 1 is 1.16 bits per heavy atom. The van der Waals surface area contributed by atoms with Gasteiger partial charge < -0.3 is 24.6 Å². The molecule has 0 spiro atoms. The largest absolute Gasteiger partial charge is 0.467 e. The lowest BCUT2D eigenvalue weighted by molar-refractivity contribution is -0.166. The number of hydrogen-bond donors (Lipinski definition) is 2. The normalized spacial score (nSPS) is 21.7. The Balaban J connectivity index is 2.76. The van der Waals surface area contributed by atoms with Crippen LogP contribution in [-0.2, 0) is 23.9 Å². The van der Waals surface area contributed by atoms with Crippen molar-refractivity contribution in [1.29, 1.82) is 0 Å². The summed E-state index contributed by atoms with van der Waals surface area (Å²) >= 11 is 0. The Morgan fingerprint density at radius 2 is 1.79 bits per heavy atom. The highest BCUT2D eigenvalue weighted by Gasteiger charge is 2.41. The SMILES string of the molecule is COC(=O)[C@@H](O)[C@H](O)C(=O)N1CCC[C@H]1C(=O)OC. The van der Waals surface area contributed by atoms with E-state index in [0.717, 1.165) is 12.0 Å². The lowest BCUT2D eigenvalue weighted by Gasteiger charge is -2.26. The number of carbonyl (C=O) groups excluding carboxylic acids is 3. The maximum atomic E-state index is 11.9. The van der Waals surface area contributed by atoms with Gasteiger partial charge in [0.05, 0.1) is 14.2 Å². The monoisotopic (exact) mass is 275 g/mol. The minimum atomic E-state index is -1.98. The van der Waals surface area contributed by atoms with Crippen LogP contribution in [0.1, 0.15) is 12.8 Å². The van der Waals surface area contributed by atoms with Crippen molar-refractivity contribution in [3.05, 3.63) is 0 Å². The molecule has 1 aliphatic heterocycles. The number of methoxy groups -OCH3 is 2. The minimum absolute atomic E-state index is 0.254. The lowest BCUT2D eigenvalue weighted by atomic mass is 10.1. The molecule has 0 radical (unpaired) electrons. The lowest BCUT2D eigenvalue weighted by Crippen LogP contribution is -2.51. The van der Waals surface area contributed by atoms with Crippen molar-refractivity contribution in [3.8, 4) is 0 Å². The van der Waals surface area contributed by atoms with Crippen LogP contribution in [-0.4, -0.2) is 72.0 Å². The molecule has 1 fully saturated rings. The molecule has 0 bridgehead atoms. The van der Waals surface area contributed by atoms with E-state index in [1.54, 1.807) is 0 Å². The molecular formula is C11H17NO7. The zero-order valence-electron chi connectivity index (χ0n) is 10.7. The Labute approximate surface area is 109 Å². The van der Waals surface area contributed by atoms with Crippen molar-refractivity contribution in [3.63, 3.8) is 0 Å². The molecule has 0 aliphatic carbocycles. The van der Waals surface area contributed by atoms with Crippen LogP contribution in [0.4, 0.5) is 0 Å². The number of likely N-dealkylation sites (tertiary alicyclic amines) is 1. The van der Waals surface area contributed by atoms with Gasteiger partial charge in [-0.15, -0.1) is 0 Å². The van der Waals surface area contributed by atoms with E-state index in [1.165, 1.54) is 7.11 Å². The molecule has 8 nitrogen and oxygen atoms in total. The van der Waals surface area contributed by atoms with Crippen LogP contribution in [0.2, 0.25) is 0 Å². The van der Waals surface area contributed by atoms with Gasteiger partial charge in [0.25, 0.3) is 5.91 Å². The number of amides is 1. The minimum Gasteiger partial charge on any atom is -0.467 e. The molecule has 1 heterocycles. The molecule has 1 amide bonds. The molecule has 0 aromatic heterocycles. The van der Waals surface area contributed by atoms with Gasteiger partial charge in [-0.05, 0) is 12.8 Å². The standard InChI is InChI=1S/C11H17NO7/c1-18-10(16)6-4-3-5-12(6)9(15)7(13)8(14)11(17)19-2/h6-8,13-14H,3-5H2,1-2H3/t6-,7-,8-/m0/s1. The van der Waals surface area contributed by atoms with Gasteiger partial charge in [0.15, 0.2) is 12.2 Å². The Bertz CT molecular complexity index is 370. The second-order valence-corrected chi connectivity index (χ2v) is 4.13. The number of ether oxygens (including phenoxy) is 2. The molecule has 19 heavy (non-hydrogen) atoms. The van der Waals surface area contributed by atoms with Gasteiger partial charge in [-0.25, -0.2) is 9.59 Å². The van der Waals surface area contributed by atoms with Crippen LogP contribution < -0.4 is 0 Å². The van der Waals surface area contributed by atoms with Crippen LogP contribution in [0.3, 0.4) is 0 Å². The quantitative estimate of drug-likeness (QED) is 0.573. The van der Waals surface area contributed by atoms with Crippen LogP contribution in [0.5, 0.6) is 0 Å². The zero-order valence-corrected chi connectivity index (χ0v) is 10.7. The first-order valence-electron chi connectivity index (χ1n) is 5.76. The number of hydrogen-bond acceptors (Lipinski definition) is 7. The summed E-state index contributed by atoms with van der Waals surface area (Å²) in [5.74, 6) is -2.61. The number of rotatable bonds is 4. The highest BCUT2D eigenvalue weighted by molar-refractivity contribution is 5.91. The molecular weight excluding hydrogens is 258 g/mol. The third kappa shape index (κ3) is 3.21. The first kappa shape index (κ1) is 15.4. The smallest absolute Gasteiger partial charge is 0.338 e. The molecule has 0 saturated carbocycles. The van der Waals surface area contributed by atoms with Gasteiger partial charge in [0, 0.05) is 6.54 Å². The molecule has 1 rings (SSSR count). The second kappa shape index (κ2) is 6.48. The summed E-state index contributed by atoms with van der Waals surface area (Å²) in [6.45, 7) is 0.254. The first-order chi connectivity index (χ1) is 8.93. The Kier molecular flexibility index (Phi) is 5.25. The Hall–Kier alpha value is -1.67. The Morgan fingerprint density at radius 3 is 2.32 bits per heavy atom. The predicted molar refractivity (Wildman–Crippen MR) is 60.8 cm³/mol. The fourth-order valence-electron chi connectivity index (χ4n) is 1.97. The van der Waals surface area contributed by atoms with Gasteiger partial charge in [-0.3, -0.25) is 4.79 Å². The van der Waals surface area contributed by atoms with E-state index < -0.39 is 36.1 Å². The molecule has 0 aromatic rings. The summed E-state index contributed by atoms with van der Waals surface area (Å²) in [7, 11) is 2.22. The number of aliphatic hydroxyl groups excluding tert-OH is 2. The number of aliphatic hydroxyl groups is 2. The van der Waals surface area contributed by atoms with E-state index in [-0.39, 0.29) is 6.54 Å². The first-order valence-corrected chi connectivity index (χ1v) is 5.76. The van der Waals surface area contributed by atoms with Crippen LogP contribution in [0.25, 0.3) is 0 Å². The molecule has 8 heteroatoms. The van der Waals surface area contributed by atoms with Crippen molar-refractivity contribution >= 4 is 17.8 Å². The summed E-state index contributed by atoms with van der Waals surface area (Å²) in [5, 5.41) is 19.0. The highest BCUT2D eigenvalue weighted by Crippen LogP contribution is 2.20. The van der Waals surface area contributed by atoms with Crippen molar-refractivity contribution < 1.29 is 34.1 Å². The van der Waals surface area contributed by atoms with Crippen molar-refractivity contribution in [1.82, 2.24) is 4.90 Å². The summed E-state index contributed by atoms with van der Waals surface area (Å²) < 4.78 is 8.78. The zero-order chi connectivity index (χ0) is 14.6. The molecule has 0 aromatic carbocycles. The van der Waals surface area contributed by atoms with E-state index in [1.807, 2.05) is 0 Å². The molecule has 0 unspecified atom stereocenters. The fourth-order valence-corrected chi connectivity index (χ4v) is 1.97. The predicted octanol–water partition coefficient (Wildman–Crippen LogP) is -1.95. The van der Waals surface area contributed by atoms with Gasteiger partial charge in [0.2, 0.25) is 0 Å². The van der Waals surface area contributed by atoms with Gasteiger partial charge in [-0.2, -0.15) is 0 Å². The molecule has 1 saturated heterocycles. The maximum Gasteiger partial charge on any atom is 0.338 e. The average Bonchev–Trinajstić information content (AvgIpc) is 2.92. The van der Waals surface area contributed by atoms with E-state index in [2.05, 4.69) is 9.47 Å².